The third-order valence-corrected chi connectivity index (χ3v) is 6.00. The van der Waals surface area contributed by atoms with Gasteiger partial charge in [-0.2, -0.15) is 0 Å². The molecule has 0 aliphatic rings. The third kappa shape index (κ3) is 5.24. The summed E-state index contributed by atoms with van der Waals surface area (Å²) in [7, 11) is 0. The van der Waals surface area contributed by atoms with Crippen LogP contribution in [0.15, 0.2) is 48.5 Å². The van der Waals surface area contributed by atoms with Gasteiger partial charge in [-0.05, 0) is 43.7 Å². The smallest absolute Gasteiger partial charge is 0.321 e. The molecule has 30 heavy (non-hydrogen) atoms. The van der Waals surface area contributed by atoms with Gasteiger partial charge in [-0.3, -0.25) is 4.79 Å². The molecule has 0 unspecified atom stereocenters. The van der Waals surface area contributed by atoms with Crippen molar-refractivity contribution in [1.29, 1.82) is 0 Å². The van der Waals surface area contributed by atoms with Crippen LogP contribution in [0.5, 0.6) is 0 Å². The molecule has 3 aromatic rings. The number of benzene rings is 2. The van der Waals surface area contributed by atoms with E-state index in [1.54, 1.807) is 12.1 Å². The van der Waals surface area contributed by atoms with Gasteiger partial charge in [-0.25, -0.2) is 9.78 Å². The first kappa shape index (κ1) is 21.5. The van der Waals surface area contributed by atoms with E-state index in [2.05, 4.69) is 41.7 Å². The molecule has 3 rings (SSSR count). The highest BCUT2D eigenvalue weighted by Crippen LogP contribution is 2.30. The summed E-state index contributed by atoms with van der Waals surface area (Å²) in [6.45, 7) is 9.98. The molecule has 3 N–H and O–H groups in total. The van der Waals surface area contributed by atoms with E-state index in [0.29, 0.717) is 21.9 Å². The van der Waals surface area contributed by atoms with Crippen LogP contribution in [0.4, 0.5) is 21.9 Å². The fourth-order valence-electron chi connectivity index (χ4n) is 2.76. The number of carbonyl (C=O) groups is 2. The molecule has 2 aromatic carbocycles. The zero-order chi connectivity index (χ0) is 21.9. The quantitative estimate of drug-likeness (QED) is 0.485. The molecule has 0 aliphatic carbocycles. The molecule has 3 amide bonds. The molecule has 0 spiro atoms. The van der Waals surface area contributed by atoms with Crippen LogP contribution in [0, 0.1) is 13.8 Å². The number of hydrogen-bond acceptors (Lipinski definition) is 4. The van der Waals surface area contributed by atoms with Gasteiger partial charge in [0.25, 0.3) is 5.91 Å². The predicted molar refractivity (Wildman–Crippen MR) is 124 cm³/mol. The Labute approximate surface area is 180 Å². The summed E-state index contributed by atoms with van der Waals surface area (Å²) in [6.07, 6.45) is 0. The molecule has 0 saturated heterocycles. The number of amides is 3. The minimum atomic E-state index is -0.351. The Kier molecular flexibility index (Phi) is 6.22. The molecule has 0 radical (unpaired) electrons. The number of nitrogens with zero attached hydrogens (tertiary/aromatic N) is 1. The zero-order valence-corrected chi connectivity index (χ0v) is 18.6. The van der Waals surface area contributed by atoms with Gasteiger partial charge < -0.3 is 16.0 Å². The highest BCUT2D eigenvalue weighted by molar-refractivity contribution is 7.14. The van der Waals surface area contributed by atoms with Crippen molar-refractivity contribution >= 4 is 40.3 Å². The Bertz CT molecular complexity index is 1070. The summed E-state index contributed by atoms with van der Waals surface area (Å²) < 4.78 is 0. The van der Waals surface area contributed by atoms with Crippen molar-refractivity contribution in [2.45, 2.75) is 40.0 Å². The number of aromatic nitrogens is 1. The fourth-order valence-corrected chi connectivity index (χ4v) is 3.78. The van der Waals surface area contributed by atoms with Gasteiger partial charge in [-0.15, -0.1) is 11.3 Å². The maximum atomic E-state index is 12.9. The fraction of sp³-hybridized carbons (Fsp3) is 0.261. The molecule has 156 valence electrons. The number of anilines is 3. The van der Waals surface area contributed by atoms with E-state index in [0.717, 1.165) is 16.3 Å². The average Bonchev–Trinajstić information content (AvgIpc) is 3.07. The number of thiazole rings is 1. The highest BCUT2D eigenvalue weighted by atomic mass is 32.1. The van der Waals surface area contributed by atoms with Gasteiger partial charge in [0.05, 0.1) is 10.7 Å². The molecule has 0 bridgehead atoms. The van der Waals surface area contributed by atoms with Crippen molar-refractivity contribution in [3.8, 4) is 0 Å². The maximum Gasteiger partial charge on any atom is 0.323 e. The van der Waals surface area contributed by atoms with E-state index >= 15 is 0 Å². The van der Waals surface area contributed by atoms with Crippen LogP contribution >= 0.6 is 11.3 Å². The number of carbonyl (C=O) groups excluding carboxylic acids is 2. The van der Waals surface area contributed by atoms with E-state index in [1.165, 1.54) is 11.3 Å². The maximum absolute atomic E-state index is 12.9. The Morgan fingerprint density at radius 1 is 0.900 bits per heavy atom. The molecule has 0 aliphatic heterocycles. The lowest BCUT2D eigenvalue weighted by Gasteiger charge is -2.13. The Balaban J connectivity index is 1.73. The molecule has 7 heteroatoms. The SMILES string of the molecule is Cc1ccc(NC(=O)Nc2ccccc2)cc1NC(=O)c1sc(C(C)(C)C)nc1C. The van der Waals surface area contributed by atoms with Crippen molar-refractivity contribution in [1.82, 2.24) is 4.98 Å². The average molecular weight is 423 g/mol. The summed E-state index contributed by atoms with van der Waals surface area (Å²) in [5, 5.41) is 9.45. The van der Waals surface area contributed by atoms with E-state index < -0.39 is 0 Å². The number of para-hydroxylation sites is 1. The number of urea groups is 1. The van der Waals surface area contributed by atoms with Crippen LogP contribution in [0.1, 0.15) is 46.7 Å². The Morgan fingerprint density at radius 2 is 1.57 bits per heavy atom. The third-order valence-electron chi connectivity index (χ3n) is 4.42. The first-order valence-corrected chi connectivity index (χ1v) is 10.5. The van der Waals surface area contributed by atoms with E-state index in [1.807, 2.05) is 50.2 Å². The summed E-state index contributed by atoms with van der Waals surface area (Å²) in [4.78, 5) is 30.3. The summed E-state index contributed by atoms with van der Waals surface area (Å²) >= 11 is 1.41. The van der Waals surface area contributed by atoms with Crippen molar-refractivity contribution < 1.29 is 9.59 Å². The minimum absolute atomic E-state index is 0.111. The van der Waals surface area contributed by atoms with Crippen molar-refractivity contribution in [2.24, 2.45) is 0 Å². The van der Waals surface area contributed by atoms with Crippen molar-refractivity contribution in [3.05, 3.63) is 69.7 Å². The van der Waals surface area contributed by atoms with Crippen molar-refractivity contribution in [3.63, 3.8) is 0 Å². The van der Waals surface area contributed by atoms with Gasteiger partial charge in [0.2, 0.25) is 0 Å². The van der Waals surface area contributed by atoms with Gasteiger partial charge in [0, 0.05) is 22.5 Å². The summed E-state index contributed by atoms with van der Waals surface area (Å²) in [5.74, 6) is -0.200. The van der Waals surface area contributed by atoms with Gasteiger partial charge in [0.1, 0.15) is 4.88 Å². The minimum Gasteiger partial charge on any atom is -0.321 e. The van der Waals surface area contributed by atoms with E-state index in [4.69, 9.17) is 0 Å². The molecule has 0 fully saturated rings. The first-order valence-electron chi connectivity index (χ1n) is 9.66. The van der Waals surface area contributed by atoms with Gasteiger partial charge >= 0.3 is 6.03 Å². The van der Waals surface area contributed by atoms with Crippen LogP contribution in [-0.2, 0) is 5.41 Å². The molecular formula is C23H26N4O2S. The van der Waals surface area contributed by atoms with Crippen LogP contribution in [-0.4, -0.2) is 16.9 Å². The largest absolute Gasteiger partial charge is 0.323 e. The second kappa shape index (κ2) is 8.67. The number of aryl methyl sites for hydroxylation is 2. The number of hydrogen-bond donors (Lipinski definition) is 3. The van der Waals surface area contributed by atoms with Crippen LogP contribution < -0.4 is 16.0 Å². The number of rotatable bonds is 4. The molecule has 1 aromatic heterocycles. The molecular weight excluding hydrogens is 396 g/mol. The van der Waals surface area contributed by atoms with E-state index in [-0.39, 0.29) is 17.4 Å². The summed E-state index contributed by atoms with van der Waals surface area (Å²) in [5.41, 5.74) is 3.43. The predicted octanol–water partition coefficient (Wildman–Crippen LogP) is 5.95. The monoisotopic (exact) mass is 422 g/mol. The second-order valence-electron chi connectivity index (χ2n) is 8.11. The number of nitrogens with one attached hydrogen (secondary N) is 3. The second-order valence-corrected chi connectivity index (χ2v) is 9.11. The van der Waals surface area contributed by atoms with E-state index in [9.17, 15) is 9.59 Å². The van der Waals surface area contributed by atoms with Crippen LogP contribution in [0.25, 0.3) is 0 Å². The lowest BCUT2D eigenvalue weighted by molar-refractivity contribution is 0.102. The lowest BCUT2D eigenvalue weighted by Crippen LogP contribution is -2.19. The van der Waals surface area contributed by atoms with Crippen LogP contribution in [0.3, 0.4) is 0 Å². The standard InChI is InChI=1S/C23H26N4O2S/c1-14-11-12-17(26-22(29)25-16-9-7-6-8-10-16)13-18(14)27-20(28)19-15(2)24-21(30-19)23(3,4)5/h6-13H,1-5H3,(H,27,28)(H2,25,26,29). The zero-order valence-electron chi connectivity index (χ0n) is 17.8. The Morgan fingerprint density at radius 3 is 2.20 bits per heavy atom. The highest BCUT2D eigenvalue weighted by Gasteiger charge is 2.23. The van der Waals surface area contributed by atoms with Gasteiger partial charge in [0.15, 0.2) is 0 Å². The molecule has 0 atom stereocenters. The molecule has 6 nitrogen and oxygen atoms in total. The van der Waals surface area contributed by atoms with Crippen molar-refractivity contribution in [2.75, 3.05) is 16.0 Å². The summed E-state index contributed by atoms with van der Waals surface area (Å²) in [6, 6.07) is 14.2. The normalized spacial score (nSPS) is 11.1. The molecule has 0 saturated carbocycles. The molecule has 1 heterocycles. The first-order chi connectivity index (χ1) is 14.1. The van der Waals surface area contributed by atoms with Crippen LogP contribution in [0.2, 0.25) is 0 Å². The Hall–Kier alpha value is -3.19. The van der Waals surface area contributed by atoms with Gasteiger partial charge in [-0.1, -0.05) is 45.0 Å². The lowest BCUT2D eigenvalue weighted by atomic mass is 9.98. The topological polar surface area (TPSA) is 83.1 Å².